The van der Waals surface area contributed by atoms with Gasteiger partial charge in [-0.1, -0.05) is 52.9 Å². The molecule has 0 saturated heterocycles. The average Bonchev–Trinajstić information content (AvgIpc) is 2.36. The first-order valence-electron chi connectivity index (χ1n) is 8.07. The number of phenols is 1. The highest BCUT2D eigenvalue weighted by Gasteiger charge is 2.03. The Bertz CT molecular complexity index is 372. The molecule has 0 spiro atoms. The molecule has 0 radical (unpaired) electrons. The van der Waals surface area contributed by atoms with Crippen molar-refractivity contribution in [1.82, 2.24) is 0 Å². The molecule has 2 heteroatoms. The molecule has 1 N–H and O–H groups in total. The molecular formula is C18H30O2. The third-order valence-electron chi connectivity index (χ3n) is 3.36. The van der Waals surface area contributed by atoms with Crippen molar-refractivity contribution in [2.75, 3.05) is 6.61 Å². The third kappa shape index (κ3) is 7.42. The molecule has 0 aliphatic rings. The van der Waals surface area contributed by atoms with Gasteiger partial charge in [0.25, 0.3) is 0 Å². The highest BCUT2D eigenvalue weighted by atomic mass is 16.5. The zero-order valence-electron chi connectivity index (χ0n) is 13.3. The Morgan fingerprint density at radius 3 is 2.40 bits per heavy atom. The molecule has 0 fully saturated rings. The second kappa shape index (κ2) is 9.68. The summed E-state index contributed by atoms with van der Waals surface area (Å²) in [7, 11) is 0. The minimum atomic E-state index is 0.307. The Morgan fingerprint density at radius 2 is 1.70 bits per heavy atom. The van der Waals surface area contributed by atoms with Gasteiger partial charge in [-0.2, -0.15) is 0 Å². The highest BCUT2D eigenvalue weighted by molar-refractivity contribution is 5.37. The molecule has 0 amide bonds. The molecule has 20 heavy (non-hydrogen) atoms. The summed E-state index contributed by atoms with van der Waals surface area (Å²) in [4.78, 5) is 0. The van der Waals surface area contributed by atoms with Gasteiger partial charge in [-0.15, -0.1) is 0 Å². The Morgan fingerprint density at radius 1 is 1.00 bits per heavy atom. The molecule has 0 aliphatic heterocycles. The Hall–Kier alpha value is -1.18. The highest BCUT2D eigenvalue weighted by Crippen LogP contribution is 2.24. The molecule has 0 bridgehead atoms. The van der Waals surface area contributed by atoms with E-state index in [1.807, 2.05) is 6.07 Å². The van der Waals surface area contributed by atoms with Crippen molar-refractivity contribution in [3.8, 4) is 11.5 Å². The maximum absolute atomic E-state index is 9.73. The van der Waals surface area contributed by atoms with Crippen LogP contribution in [0.2, 0.25) is 0 Å². The molecule has 1 aromatic carbocycles. The van der Waals surface area contributed by atoms with Gasteiger partial charge in [-0.25, -0.2) is 0 Å². The summed E-state index contributed by atoms with van der Waals surface area (Å²) in [6, 6.07) is 5.59. The number of benzene rings is 1. The molecule has 1 aromatic rings. The van der Waals surface area contributed by atoms with Gasteiger partial charge in [0.2, 0.25) is 0 Å². The molecule has 0 aromatic heterocycles. The van der Waals surface area contributed by atoms with Crippen molar-refractivity contribution in [2.45, 2.75) is 65.7 Å². The lowest BCUT2D eigenvalue weighted by molar-refractivity contribution is 0.302. The standard InChI is InChI=1S/C18H30O2/c1-4-5-6-7-8-9-10-20-18-13-16(11-15(2)3)12-17(19)14-18/h12-15,19H,4-11H2,1-3H3. The first-order valence-corrected chi connectivity index (χ1v) is 8.07. The van der Waals surface area contributed by atoms with Gasteiger partial charge in [0.15, 0.2) is 0 Å². The van der Waals surface area contributed by atoms with E-state index in [2.05, 4.69) is 26.8 Å². The minimum Gasteiger partial charge on any atom is -0.508 e. The Labute approximate surface area is 124 Å². The molecular weight excluding hydrogens is 248 g/mol. The van der Waals surface area contributed by atoms with Gasteiger partial charge in [0, 0.05) is 6.07 Å². The van der Waals surface area contributed by atoms with Crippen LogP contribution in [0.1, 0.15) is 64.9 Å². The summed E-state index contributed by atoms with van der Waals surface area (Å²) < 4.78 is 5.76. The van der Waals surface area contributed by atoms with E-state index in [4.69, 9.17) is 4.74 Å². The minimum absolute atomic E-state index is 0.307. The number of hydrogen-bond acceptors (Lipinski definition) is 2. The van der Waals surface area contributed by atoms with E-state index >= 15 is 0 Å². The van der Waals surface area contributed by atoms with Gasteiger partial charge in [0.05, 0.1) is 6.61 Å². The third-order valence-corrected chi connectivity index (χ3v) is 3.36. The second-order valence-corrected chi connectivity index (χ2v) is 6.05. The van der Waals surface area contributed by atoms with Gasteiger partial charge in [0.1, 0.15) is 11.5 Å². The molecule has 0 saturated carbocycles. The summed E-state index contributed by atoms with van der Waals surface area (Å²) in [5.74, 6) is 1.69. The maximum atomic E-state index is 9.73. The first kappa shape index (κ1) is 16.9. The van der Waals surface area contributed by atoms with E-state index in [0.717, 1.165) is 30.8 Å². The fourth-order valence-electron chi connectivity index (χ4n) is 2.39. The van der Waals surface area contributed by atoms with Crippen LogP contribution in [0.25, 0.3) is 0 Å². The van der Waals surface area contributed by atoms with Crippen molar-refractivity contribution >= 4 is 0 Å². The van der Waals surface area contributed by atoms with Crippen molar-refractivity contribution in [1.29, 1.82) is 0 Å². The summed E-state index contributed by atoms with van der Waals surface area (Å²) in [6.07, 6.45) is 8.57. The zero-order valence-corrected chi connectivity index (χ0v) is 13.3. The van der Waals surface area contributed by atoms with Crippen LogP contribution >= 0.6 is 0 Å². The first-order chi connectivity index (χ1) is 9.61. The lowest BCUT2D eigenvalue weighted by Crippen LogP contribution is -1.99. The molecule has 0 unspecified atom stereocenters. The van der Waals surface area contributed by atoms with E-state index in [0.29, 0.717) is 11.7 Å². The number of ether oxygens (including phenoxy) is 1. The lowest BCUT2D eigenvalue weighted by atomic mass is 10.0. The van der Waals surface area contributed by atoms with E-state index in [9.17, 15) is 5.11 Å². The van der Waals surface area contributed by atoms with Crippen LogP contribution in [-0.2, 0) is 6.42 Å². The van der Waals surface area contributed by atoms with Gasteiger partial charge >= 0.3 is 0 Å². The second-order valence-electron chi connectivity index (χ2n) is 6.05. The summed E-state index contributed by atoms with van der Waals surface area (Å²) in [5.41, 5.74) is 1.15. The fourth-order valence-corrected chi connectivity index (χ4v) is 2.39. The van der Waals surface area contributed by atoms with Crippen molar-refractivity contribution in [2.24, 2.45) is 5.92 Å². The normalized spacial score (nSPS) is 11.0. The number of unbranched alkanes of at least 4 members (excludes halogenated alkanes) is 5. The quantitative estimate of drug-likeness (QED) is 0.586. The number of rotatable bonds is 10. The largest absolute Gasteiger partial charge is 0.508 e. The smallest absolute Gasteiger partial charge is 0.123 e. The monoisotopic (exact) mass is 278 g/mol. The zero-order chi connectivity index (χ0) is 14.8. The van der Waals surface area contributed by atoms with Gasteiger partial charge in [-0.05, 0) is 36.5 Å². The van der Waals surface area contributed by atoms with E-state index in [1.54, 1.807) is 6.07 Å². The van der Waals surface area contributed by atoms with Crippen LogP contribution in [0.3, 0.4) is 0 Å². The fraction of sp³-hybridized carbons (Fsp3) is 0.667. The Kier molecular flexibility index (Phi) is 8.17. The van der Waals surface area contributed by atoms with Crippen LogP contribution in [0.4, 0.5) is 0 Å². The van der Waals surface area contributed by atoms with Crippen molar-refractivity contribution in [3.63, 3.8) is 0 Å². The SMILES string of the molecule is CCCCCCCCOc1cc(O)cc(CC(C)C)c1. The molecule has 114 valence electrons. The van der Waals surface area contributed by atoms with Crippen LogP contribution < -0.4 is 4.74 Å². The predicted molar refractivity (Wildman–Crippen MR) is 85.5 cm³/mol. The van der Waals surface area contributed by atoms with Gasteiger partial charge < -0.3 is 9.84 Å². The van der Waals surface area contributed by atoms with Crippen molar-refractivity contribution < 1.29 is 9.84 Å². The van der Waals surface area contributed by atoms with Crippen LogP contribution in [0, 0.1) is 5.92 Å². The van der Waals surface area contributed by atoms with Gasteiger partial charge in [-0.3, -0.25) is 0 Å². The molecule has 0 heterocycles. The summed E-state index contributed by atoms with van der Waals surface area (Å²) >= 11 is 0. The topological polar surface area (TPSA) is 29.5 Å². The van der Waals surface area contributed by atoms with E-state index in [-0.39, 0.29) is 0 Å². The molecule has 1 rings (SSSR count). The summed E-state index contributed by atoms with van der Waals surface area (Å²) in [6.45, 7) is 7.35. The Balaban J connectivity index is 2.30. The van der Waals surface area contributed by atoms with E-state index < -0.39 is 0 Å². The summed E-state index contributed by atoms with van der Waals surface area (Å²) in [5, 5.41) is 9.73. The van der Waals surface area contributed by atoms with E-state index in [1.165, 1.54) is 32.1 Å². The lowest BCUT2D eigenvalue weighted by Gasteiger charge is -2.10. The average molecular weight is 278 g/mol. The maximum Gasteiger partial charge on any atom is 0.123 e. The number of aromatic hydroxyl groups is 1. The van der Waals surface area contributed by atoms with Crippen LogP contribution in [0.15, 0.2) is 18.2 Å². The molecule has 2 nitrogen and oxygen atoms in total. The van der Waals surface area contributed by atoms with Crippen LogP contribution in [0.5, 0.6) is 11.5 Å². The molecule has 0 aliphatic carbocycles. The van der Waals surface area contributed by atoms with Crippen LogP contribution in [-0.4, -0.2) is 11.7 Å². The number of phenolic OH excluding ortho intramolecular Hbond substituents is 1. The van der Waals surface area contributed by atoms with Crippen molar-refractivity contribution in [3.05, 3.63) is 23.8 Å². The predicted octanol–water partition coefficient (Wildman–Crippen LogP) is 5.33. The number of hydrogen-bond donors (Lipinski definition) is 1. The molecule has 0 atom stereocenters.